The summed E-state index contributed by atoms with van der Waals surface area (Å²) in [7, 11) is 0. The largest absolute Gasteiger partial charge is 0.454 e. The highest BCUT2D eigenvalue weighted by Gasteiger charge is 2.55. The summed E-state index contributed by atoms with van der Waals surface area (Å²) in [5, 5.41) is 12.2. The third-order valence-electron chi connectivity index (χ3n) is 11.7. The minimum absolute atomic E-state index is 0.0491. The number of hydrogen-bond acceptors (Lipinski definition) is 12. The molecule has 0 aromatic heterocycles. The van der Waals surface area contributed by atoms with Gasteiger partial charge in [0.2, 0.25) is 0 Å². The summed E-state index contributed by atoms with van der Waals surface area (Å²) in [5.41, 5.74) is 5.57. The van der Waals surface area contributed by atoms with Crippen molar-refractivity contribution in [1.82, 2.24) is 0 Å². The fourth-order valence-corrected chi connectivity index (χ4v) is 8.35. The molecule has 0 radical (unpaired) electrons. The van der Waals surface area contributed by atoms with E-state index in [4.69, 9.17) is 47.4 Å². The van der Waals surface area contributed by atoms with Gasteiger partial charge in [0, 0.05) is 6.92 Å². The number of esters is 1. The minimum atomic E-state index is -1.58. The van der Waals surface area contributed by atoms with Crippen LogP contribution in [0.15, 0.2) is 182 Å². The average Bonchev–Trinajstić information content (AvgIpc) is 3.37. The van der Waals surface area contributed by atoms with Gasteiger partial charge in [-0.2, -0.15) is 0 Å². The fraction of sp³-hybridized carbons (Fsp3) is 0.339. The highest BCUT2D eigenvalue weighted by Crippen LogP contribution is 2.36. The first-order valence-corrected chi connectivity index (χ1v) is 23.1. The monoisotopic (exact) mass is 924 g/mol. The molecule has 12 heteroatoms. The van der Waals surface area contributed by atoms with Crippen LogP contribution < -0.4 is 0 Å². The van der Waals surface area contributed by atoms with Gasteiger partial charge in [-0.15, -0.1) is 0 Å². The van der Waals surface area contributed by atoms with E-state index in [2.05, 4.69) is 0 Å². The van der Waals surface area contributed by atoms with Gasteiger partial charge in [-0.25, -0.2) is 0 Å². The zero-order valence-corrected chi connectivity index (χ0v) is 38.2. The lowest BCUT2D eigenvalue weighted by Crippen LogP contribution is -2.66. The minimum Gasteiger partial charge on any atom is -0.454 e. The second-order valence-electron chi connectivity index (χ2n) is 16.8. The van der Waals surface area contributed by atoms with Crippen LogP contribution in [0.4, 0.5) is 0 Å². The Morgan fingerprint density at radius 1 is 0.412 bits per heavy atom. The van der Waals surface area contributed by atoms with E-state index >= 15 is 0 Å². The van der Waals surface area contributed by atoms with Crippen LogP contribution in [0.3, 0.4) is 0 Å². The summed E-state index contributed by atoms with van der Waals surface area (Å²) in [6, 6.07) is 58.6. The predicted octanol–water partition coefficient (Wildman–Crippen LogP) is 8.52. The Balaban J connectivity index is 1.13. The van der Waals surface area contributed by atoms with Crippen LogP contribution in [-0.2, 0) is 91.8 Å². The van der Waals surface area contributed by atoms with Gasteiger partial charge < -0.3 is 52.5 Å². The molecular formula is C56H60O12. The lowest BCUT2D eigenvalue weighted by Gasteiger charge is -2.49. The van der Waals surface area contributed by atoms with E-state index in [1.807, 2.05) is 182 Å². The molecule has 6 aromatic rings. The highest BCUT2D eigenvalue weighted by atomic mass is 16.8. The van der Waals surface area contributed by atoms with E-state index in [9.17, 15) is 9.90 Å². The van der Waals surface area contributed by atoms with Crippen LogP contribution in [-0.4, -0.2) is 85.7 Å². The number of benzene rings is 6. The molecule has 0 aliphatic carbocycles. The van der Waals surface area contributed by atoms with Crippen molar-refractivity contribution in [1.29, 1.82) is 0 Å². The lowest BCUT2D eigenvalue weighted by molar-refractivity contribution is -0.375. The molecule has 2 fully saturated rings. The number of aliphatic hydroxyl groups excluding tert-OH is 1. The topological polar surface area (TPSA) is 130 Å². The Morgan fingerprint density at radius 3 is 1.07 bits per heavy atom. The SMILES string of the molecule is CC(=O)O[C@@H]1C(O[C@H]2[C@@H](OCc3ccccc3)[C@H](OCc3ccccc3)[C@@H](COCc3ccccc3)O[C@@H]2O)O[C@H](COCc2ccccc2)[C@@H](OCc2ccccc2)[C@@H]1OCc1ccccc1. The van der Waals surface area contributed by atoms with E-state index in [1.165, 1.54) is 6.92 Å². The van der Waals surface area contributed by atoms with E-state index in [0.29, 0.717) is 13.2 Å². The Morgan fingerprint density at radius 2 is 0.721 bits per heavy atom. The quantitative estimate of drug-likeness (QED) is 0.0619. The van der Waals surface area contributed by atoms with Crippen molar-refractivity contribution in [2.75, 3.05) is 13.2 Å². The van der Waals surface area contributed by atoms with Crippen LogP contribution in [0, 0.1) is 0 Å². The van der Waals surface area contributed by atoms with E-state index in [0.717, 1.165) is 33.4 Å². The number of ether oxygens (including phenoxy) is 10. The van der Waals surface area contributed by atoms with Crippen LogP contribution >= 0.6 is 0 Å². The van der Waals surface area contributed by atoms with Gasteiger partial charge in [-0.05, 0) is 33.4 Å². The molecule has 0 amide bonds. The predicted molar refractivity (Wildman–Crippen MR) is 252 cm³/mol. The van der Waals surface area contributed by atoms with Gasteiger partial charge in [0.25, 0.3) is 0 Å². The van der Waals surface area contributed by atoms with E-state index < -0.39 is 67.4 Å². The standard InChI is InChI=1S/C56H60O12/c1-40(57)65-54-52(64-37-46-30-18-7-19-31-46)50(62-35-44-26-14-5-15-27-44)48(39-60-33-42-22-10-3-11-23-42)67-56(54)68-53-51(63-36-45-28-16-6-17-29-45)49(61-34-43-24-12-4-13-25-43)47(66-55(53)58)38-59-32-41-20-8-2-9-21-41/h2-31,47-56,58H,32-39H2,1H3/t47-,48-,49-,50-,51+,52+,53+,54+,55+,56?/m1/s1. The molecule has 0 spiro atoms. The zero-order valence-electron chi connectivity index (χ0n) is 38.2. The summed E-state index contributed by atoms with van der Waals surface area (Å²) in [6.45, 7) is 2.73. The molecule has 0 bridgehead atoms. The molecule has 2 aliphatic heterocycles. The lowest BCUT2D eigenvalue weighted by atomic mass is 9.96. The first-order valence-electron chi connectivity index (χ1n) is 23.1. The summed E-state index contributed by atoms with van der Waals surface area (Å²) in [4.78, 5) is 13.2. The maximum absolute atomic E-state index is 13.2. The fourth-order valence-electron chi connectivity index (χ4n) is 8.35. The molecule has 356 valence electrons. The Hall–Kier alpha value is -5.61. The number of rotatable bonds is 23. The summed E-state index contributed by atoms with van der Waals surface area (Å²) >= 11 is 0. The third-order valence-corrected chi connectivity index (χ3v) is 11.7. The van der Waals surface area contributed by atoms with Crippen molar-refractivity contribution >= 4 is 5.97 Å². The van der Waals surface area contributed by atoms with Gasteiger partial charge in [-0.1, -0.05) is 182 Å². The molecular weight excluding hydrogens is 865 g/mol. The first kappa shape index (κ1) is 48.8. The molecule has 68 heavy (non-hydrogen) atoms. The van der Waals surface area contributed by atoms with Crippen LogP contribution in [0.1, 0.15) is 40.3 Å². The van der Waals surface area contributed by atoms with Crippen molar-refractivity contribution in [2.24, 2.45) is 0 Å². The molecule has 2 heterocycles. The molecule has 1 unspecified atom stereocenters. The van der Waals surface area contributed by atoms with Gasteiger partial charge in [0.15, 0.2) is 18.7 Å². The van der Waals surface area contributed by atoms with Gasteiger partial charge in [0.1, 0.15) is 42.7 Å². The van der Waals surface area contributed by atoms with Crippen molar-refractivity contribution in [3.8, 4) is 0 Å². The van der Waals surface area contributed by atoms with E-state index in [1.54, 1.807) is 0 Å². The average molecular weight is 925 g/mol. The second-order valence-corrected chi connectivity index (χ2v) is 16.8. The molecule has 0 saturated carbocycles. The normalized spacial score (nSPS) is 24.9. The van der Waals surface area contributed by atoms with Crippen molar-refractivity contribution in [3.63, 3.8) is 0 Å². The molecule has 8 rings (SSSR count). The van der Waals surface area contributed by atoms with Crippen LogP contribution in [0.5, 0.6) is 0 Å². The summed E-state index contributed by atoms with van der Waals surface area (Å²) in [6.07, 6.45) is -10.6. The molecule has 2 aliphatic rings. The van der Waals surface area contributed by atoms with Crippen LogP contribution in [0.2, 0.25) is 0 Å². The molecule has 10 atom stereocenters. The number of carbonyl (C=O) groups is 1. The number of aliphatic hydroxyl groups is 1. The molecule has 12 nitrogen and oxygen atoms in total. The highest BCUT2D eigenvalue weighted by molar-refractivity contribution is 5.66. The maximum Gasteiger partial charge on any atom is 0.303 e. The molecule has 6 aromatic carbocycles. The number of hydrogen-bond donors (Lipinski definition) is 1. The second kappa shape index (κ2) is 25.7. The van der Waals surface area contributed by atoms with Gasteiger partial charge >= 0.3 is 5.97 Å². The maximum atomic E-state index is 13.2. The van der Waals surface area contributed by atoms with Gasteiger partial charge in [-0.3, -0.25) is 4.79 Å². The van der Waals surface area contributed by atoms with Crippen molar-refractivity contribution < 1.29 is 57.3 Å². The van der Waals surface area contributed by atoms with E-state index in [-0.39, 0.29) is 39.6 Å². The Bertz CT molecular complexity index is 2330. The Labute approximate surface area is 398 Å². The molecule has 1 N–H and O–H groups in total. The molecule has 2 saturated heterocycles. The van der Waals surface area contributed by atoms with Crippen molar-refractivity contribution in [2.45, 2.75) is 108 Å². The van der Waals surface area contributed by atoms with Crippen molar-refractivity contribution in [3.05, 3.63) is 215 Å². The van der Waals surface area contributed by atoms with Gasteiger partial charge in [0.05, 0.1) is 52.9 Å². The zero-order chi connectivity index (χ0) is 46.8. The third kappa shape index (κ3) is 14.2. The van der Waals surface area contributed by atoms with Crippen LogP contribution in [0.25, 0.3) is 0 Å². The first-order chi connectivity index (χ1) is 33.5. The Kier molecular flexibility index (Phi) is 18.4. The summed E-state index contributed by atoms with van der Waals surface area (Å²) < 4.78 is 66.0. The summed E-state index contributed by atoms with van der Waals surface area (Å²) in [5.74, 6) is -0.599. The smallest absolute Gasteiger partial charge is 0.303 e. The number of carbonyl (C=O) groups excluding carboxylic acids is 1.